The molecule has 0 aliphatic heterocycles. The molecule has 3 nitrogen and oxygen atoms in total. The topological polar surface area (TPSA) is 55.1 Å². The van der Waals surface area contributed by atoms with E-state index in [9.17, 15) is 9.18 Å². The van der Waals surface area contributed by atoms with E-state index in [1.54, 1.807) is 0 Å². The molecule has 0 aromatic heterocycles. The molecule has 20 heavy (non-hydrogen) atoms. The third-order valence-electron chi connectivity index (χ3n) is 3.18. The number of rotatable bonds is 4. The zero-order valence-electron chi connectivity index (χ0n) is 11.3. The van der Waals surface area contributed by atoms with Gasteiger partial charge in [0.05, 0.1) is 5.56 Å². The Labute approximate surface area is 117 Å². The maximum atomic E-state index is 13.6. The van der Waals surface area contributed by atoms with Crippen LogP contribution in [0.15, 0.2) is 48.5 Å². The van der Waals surface area contributed by atoms with Gasteiger partial charge in [0.15, 0.2) is 0 Å². The predicted molar refractivity (Wildman–Crippen MR) is 78.0 cm³/mol. The van der Waals surface area contributed by atoms with Crippen molar-refractivity contribution in [3.63, 3.8) is 0 Å². The lowest BCUT2D eigenvalue weighted by Gasteiger charge is -2.13. The summed E-state index contributed by atoms with van der Waals surface area (Å²) in [6.45, 7) is 2.46. The number of hydrogen-bond acceptors (Lipinski definition) is 2. The third-order valence-corrected chi connectivity index (χ3v) is 3.18. The van der Waals surface area contributed by atoms with E-state index in [-0.39, 0.29) is 11.5 Å². The minimum absolute atomic E-state index is 0.0134. The van der Waals surface area contributed by atoms with Crippen LogP contribution >= 0.6 is 0 Å². The fourth-order valence-electron chi connectivity index (χ4n) is 1.96. The summed E-state index contributed by atoms with van der Waals surface area (Å²) in [4.78, 5) is 11.9. The molecule has 0 heterocycles. The maximum absolute atomic E-state index is 13.6. The van der Waals surface area contributed by atoms with Crippen molar-refractivity contribution >= 4 is 11.6 Å². The number of anilines is 1. The summed E-state index contributed by atoms with van der Waals surface area (Å²) in [5.41, 5.74) is 6.90. The van der Waals surface area contributed by atoms with Gasteiger partial charge in [0, 0.05) is 12.2 Å². The number of nitrogens with two attached hydrogens (primary N) is 1. The third kappa shape index (κ3) is 3.35. The first-order valence-corrected chi connectivity index (χ1v) is 6.46. The van der Waals surface area contributed by atoms with Crippen molar-refractivity contribution in [2.24, 2.45) is 0 Å². The molecule has 104 valence electrons. The average molecular weight is 272 g/mol. The highest BCUT2D eigenvalue weighted by atomic mass is 19.1. The molecule has 0 spiro atoms. The Balaban J connectivity index is 1.99. The van der Waals surface area contributed by atoms with Gasteiger partial charge in [0.1, 0.15) is 5.82 Å². The average Bonchev–Trinajstić information content (AvgIpc) is 2.45. The van der Waals surface area contributed by atoms with Crippen LogP contribution in [0.5, 0.6) is 0 Å². The van der Waals surface area contributed by atoms with Crippen molar-refractivity contribution in [1.82, 2.24) is 5.32 Å². The molecule has 0 aliphatic rings. The van der Waals surface area contributed by atoms with E-state index in [1.807, 2.05) is 37.3 Å². The molecule has 2 rings (SSSR count). The normalized spacial score (nSPS) is 11.9. The van der Waals surface area contributed by atoms with Gasteiger partial charge in [-0.3, -0.25) is 4.79 Å². The van der Waals surface area contributed by atoms with Gasteiger partial charge in [-0.25, -0.2) is 4.39 Å². The number of nitrogens with one attached hydrogen (secondary N) is 1. The van der Waals surface area contributed by atoms with Crippen LogP contribution in [0.25, 0.3) is 0 Å². The van der Waals surface area contributed by atoms with Crippen molar-refractivity contribution < 1.29 is 9.18 Å². The van der Waals surface area contributed by atoms with Crippen LogP contribution in [-0.2, 0) is 0 Å². The number of benzene rings is 2. The molecule has 2 aromatic rings. The summed E-state index contributed by atoms with van der Waals surface area (Å²) >= 11 is 0. The highest BCUT2D eigenvalue weighted by Crippen LogP contribution is 2.15. The molecule has 3 N–H and O–H groups in total. The quantitative estimate of drug-likeness (QED) is 0.841. The Morgan fingerprint density at radius 1 is 1.25 bits per heavy atom. The standard InChI is InChI=1S/C16H17FN2O/c1-11(12-5-3-2-4-6-12)10-19-16(20)14-8-7-13(18)9-15(14)17/h2-9,11H,10,18H2,1H3,(H,19,20). The summed E-state index contributed by atoms with van der Waals surface area (Å²) in [5, 5.41) is 2.74. The van der Waals surface area contributed by atoms with Crippen LogP contribution in [0.4, 0.5) is 10.1 Å². The Bertz CT molecular complexity index is 599. The monoisotopic (exact) mass is 272 g/mol. The van der Waals surface area contributed by atoms with E-state index in [0.29, 0.717) is 12.2 Å². The zero-order chi connectivity index (χ0) is 14.5. The van der Waals surface area contributed by atoms with Crippen LogP contribution in [-0.4, -0.2) is 12.5 Å². The number of hydrogen-bond donors (Lipinski definition) is 2. The van der Waals surface area contributed by atoms with Crippen molar-refractivity contribution in [2.45, 2.75) is 12.8 Å². The molecule has 0 aliphatic carbocycles. The minimum Gasteiger partial charge on any atom is -0.399 e. The van der Waals surface area contributed by atoms with Crippen LogP contribution in [0.1, 0.15) is 28.8 Å². The van der Waals surface area contributed by atoms with Crippen LogP contribution in [0, 0.1) is 5.82 Å². The molecule has 1 amide bonds. The second-order valence-electron chi connectivity index (χ2n) is 4.76. The molecule has 0 saturated heterocycles. The summed E-state index contributed by atoms with van der Waals surface area (Å²) in [6.07, 6.45) is 0. The molecule has 0 bridgehead atoms. The van der Waals surface area contributed by atoms with Crippen molar-refractivity contribution in [2.75, 3.05) is 12.3 Å². The molecular formula is C16H17FN2O. The number of halogens is 1. The lowest BCUT2D eigenvalue weighted by atomic mass is 10.0. The SMILES string of the molecule is CC(CNC(=O)c1ccc(N)cc1F)c1ccccc1. The van der Waals surface area contributed by atoms with Crippen molar-refractivity contribution in [1.29, 1.82) is 0 Å². The van der Waals surface area contributed by atoms with Crippen LogP contribution in [0.2, 0.25) is 0 Å². The lowest BCUT2D eigenvalue weighted by molar-refractivity contribution is 0.0947. The Morgan fingerprint density at radius 2 is 1.95 bits per heavy atom. The fourth-order valence-corrected chi connectivity index (χ4v) is 1.96. The van der Waals surface area contributed by atoms with Crippen LogP contribution in [0.3, 0.4) is 0 Å². The van der Waals surface area contributed by atoms with E-state index >= 15 is 0 Å². The fraction of sp³-hybridized carbons (Fsp3) is 0.188. The lowest BCUT2D eigenvalue weighted by Crippen LogP contribution is -2.28. The van der Waals surface area contributed by atoms with E-state index in [4.69, 9.17) is 5.73 Å². The zero-order valence-corrected chi connectivity index (χ0v) is 11.3. The first kappa shape index (κ1) is 14.1. The molecule has 0 radical (unpaired) electrons. The molecular weight excluding hydrogens is 255 g/mol. The van der Waals surface area contributed by atoms with Gasteiger partial charge >= 0.3 is 0 Å². The number of carbonyl (C=O) groups excluding carboxylic acids is 1. The molecule has 1 unspecified atom stereocenters. The second kappa shape index (κ2) is 6.19. The van der Waals surface area contributed by atoms with E-state index in [0.717, 1.165) is 11.6 Å². The van der Waals surface area contributed by atoms with Gasteiger partial charge in [0.25, 0.3) is 5.91 Å². The highest BCUT2D eigenvalue weighted by molar-refractivity contribution is 5.94. The molecule has 4 heteroatoms. The van der Waals surface area contributed by atoms with E-state index in [2.05, 4.69) is 5.32 Å². The summed E-state index contributed by atoms with van der Waals surface area (Å²) in [7, 11) is 0. The summed E-state index contributed by atoms with van der Waals surface area (Å²) in [6, 6.07) is 13.9. The van der Waals surface area contributed by atoms with Gasteiger partial charge in [-0.1, -0.05) is 37.3 Å². The second-order valence-corrected chi connectivity index (χ2v) is 4.76. The summed E-state index contributed by atoms with van der Waals surface area (Å²) in [5.74, 6) is -0.864. The summed E-state index contributed by atoms with van der Waals surface area (Å²) < 4.78 is 13.6. The van der Waals surface area contributed by atoms with E-state index in [1.165, 1.54) is 12.1 Å². The Morgan fingerprint density at radius 3 is 2.60 bits per heavy atom. The Kier molecular flexibility index (Phi) is 4.35. The van der Waals surface area contributed by atoms with Gasteiger partial charge < -0.3 is 11.1 Å². The smallest absolute Gasteiger partial charge is 0.254 e. The van der Waals surface area contributed by atoms with Gasteiger partial charge in [-0.2, -0.15) is 0 Å². The highest BCUT2D eigenvalue weighted by Gasteiger charge is 2.13. The number of nitrogen functional groups attached to an aromatic ring is 1. The molecule has 0 fully saturated rings. The minimum atomic E-state index is -0.602. The molecule has 1 atom stereocenters. The first-order valence-electron chi connectivity index (χ1n) is 6.46. The maximum Gasteiger partial charge on any atom is 0.254 e. The van der Waals surface area contributed by atoms with Gasteiger partial charge in [-0.05, 0) is 29.7 Å². The van der Waals surface area contributed by atoms with Crippen molar-refractivity contribution in [3.8, 4) is 0 Å². The number of carbonyl (C=O) groups is 1. The van der Waals surface area contributed by atoms with Gasteiger partial charge in [0.2, 0.25) is 0 Å². The van der Waals surface area contributed by atoms with Crippen molar-refractivity contribution in [3.05, 3.63) is 65.5 Å². The predicted octanol–water partition coefficient (Wildman–Crippen LogP) is 2.94. The van der Waals surface area contributed by atoms with E-state index < -0.39 is 11.7 Å². The molecule has 0 saturated carbocycles. The Hall–Kier alpha value is -2.36. The van der Waals surface area contributed by atoms with Crippen LogP contribution < -0.4 is 11.1 Å². The molecule has 2 aromatic carbocycles. The largest absolute Gasteiger partial charge is 0.399 e. The number of amides is 1. The first-order chi connectivity index (χ1) is 9.58. The van der Waals surface area contributed by atoms with Gasteiger partial charge in [-0.15, -0.1) is 0 Å².